The summed E-state index contributed by atoms with van der Waals surface area (Å²) in [6.07, 6.45) is 3.80. The predicted octanol–water partition coefficient (Wildman–Crippen LogP) is 1.55. The lowest BCUT2D eigenvalue weighted by Crippen LogP contribution is -1.98. The summed E-state index contributed by atoms with van der Waals surface area (Å²) < 4.78 is 15.0. The highest BCUT2D eigenvalue weighted by atomic mass is 32.7. The summed E-state index contributed by atoms with van der Waals surface area (Å²) in [7, 11) is 0. The minimum Gasteiger partial charge on any atom is -0.330 e. The fourth-order valence-electron chi connectivity index (χ4n) is 0.783. The molecule has 1 unspecified atom stereocenters. The molecular weight excluding hydrogens is 197 g/mol. The second-order valence-corrected chi connectivity index (χ2v) is 5.28. The third-order valence-corrected chi connectivity index (χ3v) is 2.22. The van der Waals surface area contributed by atoms with Crippen molar-refractivity contribution < 1.29 is 14.0 Å². The Morgan fingerprint density at radius 3 is 2.42 bits per heavy atom. The van der Waals surface area contributed by atoms with Crippen molar-refractivity contribution in [2.75, 3.05) is 13.2 Å². The average molecular weight is 213 g/mol. The Kier molecular flexibility index (Phi) is 7.19. The van der Waals surface area contributed by atoms with Crippen LogP contribution < -0.4 is 5.73 Å². The van der Waals surface area contributed by atoms with Crippen LogP contribution >= 0.6 is 19.0 Å². The molecule has 0 fully saturated rings. The molecule has 0 aliphatic rings. The van der Waals surface area contributed by atoms with E-state index in [2.05, 4.69) is 16.8 Å². The maximum absolute atomic E-state index is 10.5. The smallest absolute Gasteiger partial charge is 0.330 e. The first-order valence-electron chi connectivity index (χ1n) is 3.96. The van der Waals surface area contributed by atoms with Gasteiger partial charge in [0.2, 0.25) is 0 Å². The zero-order valence-electron chi connectivity index (χ0n) is 6.98. The van der Waals surface area contributed by atoms with Crippen molar-refractivity contribution in [3.05, 3.63) is 0 Å². The van der Waals surface area contributed by atoms with Gasteiger partial charge in [-0.25, -0.2) is 4.57 Å². The molecule has 1 atom stereocenters. The molecule has 0 heterocycles. The van der Waals surface area contributed by atoms with Crippen LogP contribution in [-0.2, 0) is 9.09 Å². The van der Waals surface area contributed by atoms with E-state index >= 15 is 0 Å². The zero-order chi connectivity index (χ0) is 9.45. The van der Waals surface area contributed by atoms with Crippen molar-refractivity contribution in [2.45, 2.75) is 25.7 Å². The van der Waals surface area contributed by atoms with E-state index in [9.17, 15) is 4.57 Å². The molecular formula is C6H16NO3PS. The monoisotopic (exact) mass is 213 g/mol. The second-order valence-electron chi connectivity index (χ2n) is 2.53. The first-order valence-corrected chi connectivity index (χ1v) is 6.69. The van der Waals surface area contributed by atoms with Gasteiger partial charge in [0.1, 0.15) is 0 Å². The van der Waals surface area contributed by atoms with Gasteiger partial charge >= 0.3 is 6.80 Å². The molecule has 0 radical (unpaired) electrons. The Morgan fingerprint density at radius 2 is 1.92 bits per heavy atom. The van der Waals surface area contributed by atoms with Crippen LogP contribution in [-0.4, -0.2) is 18.0 Å². The number of unbranched alkanes of at least 4 members (excludes halogenated alkanes) is 3. The Hall–Kier alpha value is 0.460. The van der Waals surface area contributed by atoms with Crippen LogP contribution in [0.15, 0.2) is 0 Å². The number of nitrogens with two attached hydrogens (primary N) is 1. The molecule has 0 saturated heterocycles. The van der Waals surface area contributed by atoms with Crippen molar-refractivity contribution in [2.24, 2.45) is 5.73 Å². The maximum atomic E-state index is 10.5. The molecule has 0 aliphatic heterocycles. The van der Waals surface area contributed by atoms with E-state index in [-0.39, 0.29) is 0 Å². The van der Waals surface area contributed by atoms with Gasteiger partial charge in [-0.2, -0.15) is 0 Å². The predicted molar refractivity (Wildman–Crippen MR) is 52.3 cm³/mol. The summed E-state index contributed by atoms with van der Waals surface area (Å²) in [4.78, 5) is 8.60. The van der Waals surface area contributed by atoms with Gasteiger partial charge in [-0.3, -0.25) is 0 Å². The van der Waals surface area contributed by atoms with E-state index in [1.54, 1.807) is 0 Å². The zero-order valence-corrected chi connectivity index (χ0v) is 8.77. The number of rotatable bonds is 7. The molecule has 6 heteroatoms. The van der Waals surface area contributed by atoms with Crippen LogP contribution in [0.2, 0.25) is 0 Å². The van der Waals surface area contributed by atoms with E-state index in [0.717, 1.165) is 25.7 Å². The van der Waals surface area contributed by atoms with Crippen LogP contribution in [0.1, 0.15) is 25.7 Å². The van der Waals surface area contributed by atoms with Crippen molar-refractivity contribution in [1.82, 2.24) is 0 Å². The summed E-state index contributed by atoms with van der Waals surface area (Å²) in [6.45, 7) is -2.56. The third-order valence-electron chi connectivity index (χ3n) is 1.36. The standard InChI is InChI=1S/C6H16NO3PS/c7-5-3-1-2-4-6-10-11(8,9)12/h1-7H2,(H2,8,9,12). The molecule has 3 N–H and O–H groups in total. The second kappa shape index (κ2) is 6.92. The summed E-state index contributed by atoms with van der Waals surface area (Å²) >= 11 is 3.37. The van der Waals surface area contributed by atoms with Gasteiger partial charge < -0.3 is 15.2 Å². The molecule has 4 nitrogen and oxygen atoms in total. The van der Waals surface area contributed by atoms with Crippen LogP contribution in [0.5, 0.6) is 0 Å². The molecule has 0 rings (SSSR count). The van der Waals surface area contributed by atoms with Crippen molar-refractivity contribution in [3.63, 3.8) is 0 Å². The van der Waals surface area contributed by atoms with Crippen LogP contribution in [0, 0.1) is 0 Å². The highest BCUT2D eigenvalue weighted by Crippen LogP contribution is 2.46. The number of thiol groups is 1. The number of hydrogen-bond acceptors (Lipinski definition) is 3. The van der Waals surface area contributed by atoms with Gasteiger partial charge in [0, 0.05) is 0 Å². The van der Waals surface area contributed by atoms with Crippen molar-refractivity contribution in [3.8, 4) is 0 Å². The summed E-state index contributed by atoms with van der Waals surface area (Å²) in [5, 5.41) is 0. The van der Waals surface area contributed by atoms with Crippen LogP contribution in [0.25, 0.3) is 0 Å². The summed E-state index contributed by atoms with van der Waals surface area (Å²) in [6, 6.07) is 0. The Labute approximate surface area is 78.2 Å². The lowest BCUT2D eigenvalue weighted by molar-refractivity contribution is 0.268. The fourth-order valence-corrected chi connectivity index (χ4v) is 1.40. The van der Waals surface area contributed by atoms with E-state index < -0.39 is 6.80 Å². The lowest BCUT2D eigenvalue weighted by atomic mass is 10.2. The molecule has 12 heavy (non-hydrogen) atoms. The molecule has 0 bridgehead atoms. The van der Waals surface area contributed by atoms with E-state index in [1.165, 1.54) is 0 Å². The quantitative estimate of drug-likeness (QED) is 0.341. The lowest BCUT2D eigenvalue weighted by Gasteiger charge is -2.04. The highest BCUT2D eigenvalue weighted by Gasteiger charge is 2.09. The SMILES string of the molecule is NCCCCCCOP(=O)(O)S. The number of hydrogen-bond donors (Lipinski definition) is 3. The molecule has 0 aromatic heterocycles. The molecule has 0 aromatic rings. The largest absolute Gasteiger partial charge is 0.383 e. The van der Waals surface area contributed by atoms with Gasteiger partial charge in [-0.15, -0.1) is 0 Å². The maximum Gasteiger partial charge on any atom is 0.383 e. The summed E-state index contributed by atoms with van der Waals surface area (Å²) in [5.74, 6) is 0. The van der Waals surface area contributed by atoms with Gasteiger partial charge in [-0.05, 0) is 19.4 Å². The van der Waals surface area contributed by atoms with Gasteiger partial charge in [0.05, 0.1) is 6.61 Å². The molecule has 0 spiro atoms. The van der Waals surface area contributed by atoms with E-state index in [4.69, 9.17) is 10.6 Å². The van der Waals surface area contributed by atoms with Gasteiger partial charge in [0.25, 0.3) is 0 Å². The average Bonchev–Trinajstić information content (AvgIpc) is 1.94. The molecule has 0 aliphatic carbocycles. The van der Waals surface area contributed by atoms with Gasteiger partial charge in [0.15, 0.2) is 0 Å². The molecule has 0 aromatic carbocycles. The van der Waals surface area contributed by atoms with E-state index in [1.807, 2.05) is 0 Å². The van der Waals surface area contributed by atoms with Crippen LogP contribution in [0.4, 0.5) is 0 Å². The first kappa shape index (κ1) is 12.5. The van der Waals surface area contributed by atoms with E-state index in [0.29, 0.717) is 13.2 Å². The minimum atomic E-state index is -3.55. The minimum absolute atomic E-state index is 0.294. The van der Waals surface area contributed by atoms with Gasteiger partial charge in [-0.1, -0.05) is 25.1 Å². The Bertz CT molecular complexity index is 150. The first-order chi connectivity index (χ1) is 5.56. The third kappa shape index (κ3) is 10.5. The molecule has 0 amide bonds. The van der Waals surface area contributed by atoms with Crippen molar-refractivity contribution in [1.29, 1.82) is 0 Å². The Balaban J connectivity index is 3.06. The summed E-state index contributed by atoms with van der Waals surface area (Å²) in [5.41, 5.74) is 5.28. The van der Waals surface area contributed by atoms with Crippen LogP contribution in [0.3, 0.4) is 0 Å². The molecule has 0 saturated carbocycles. The fraction of sp³-hybridized carbons (Fsp3) is 1.00. The Morgan fingerprint density at radius 1 is 1.33 bits per heavy atom. The topological polar surface area (TPSA) is 72.5 Å². The molecule has 74 valence electrons. The normalized spacial score (nSPS) is 15.9. The highest BCUT2D eigenvalue weighted by molar-refractivity contribution is 8.44. The van der Waals surface area contributed by atoms with Crippen molar-refractivity contribution >= 4 is 19.0 Å².